The van der Waals surface area contributed by atoms with Crippen molar-refractivity contribution in [3.05, 3.63) is 47.8 Å². The van der Waals surface area contributed by atoms with Crippen LogP contribution < -0.4 is 4.74 Å². The van der Waals surface area contributed by atoms with Crippen molar-refractivity contribution in [1.82, 2.24) is 14.7 Å². The molecule has 0 bridgehead atoms. The minimum absolute atomic E-state index is 0.0111. The number of aryl methyl sites for hydroxylation is 1. The first kappa shape index (κ1) is 17.1. The van der Waals surface area contributed by atoms with E-state index in [2.05, 4.69) is 31.9 Å². The van der Waals surface area contributed by atoms with Crippen molar-refractivity contribution in [2.45, 2.75) is 50.7 Å². The van der Waals surface area contributed by atoms with Gasteiger partial charge in [-0.3, -0.25) is 9.48 Å². The normalized spacial score (nSPS) is 26.7. The molecule has 1 saturated carbocycles. The number of nitrogens with zero attached hydrogens (tertiary/aromatic N) is 3. The molecular weight excluding hydrogens is 326 g/mol. The van der Waals surface area contributed by atoms with Crippen molar-refractivity contribution in [2.75, 3.05) is 7.05 Å². The summed E-state index contributed by atoms with van der Waals surface area (Å²) in [5.74, 6) is 1.17. The molecule has 4 rings (SSSR count). The maximum atomic E-state index is 13.3. The van der Waals surface area contributed by atoms with E-state index in [1.165, 1.54) is 5.56 Å². The number of para-hydroxylation sites is 1. The second-order valence-electron chi connectivity index (χ2n) is 8.52. The summed E-state index contributed by atoms with van der Waals surface area (Å²) >= 11 is 0. The highest BCUT2D eigenvalue weighted by Gasteiger charge is 2.64. The van der Waals surface area contributed by atoms with Crippen LogP contribution in [0.2, 0.25) is 0 Å². The van der Waals surface area contributed by atoms with Crippen LogP contribution in [0.15, 0.2) is 36.7 Å². The Labute approximate surface area is 154 Å². The maximum Gasteiger partial charge on any atom is 0.226 e. The summed E-state index contributed by atoms with van der Waals surface area (Å²) in [7, 11) is 3.80. The standard InChI is InChI=1S/C21H27N3O2/c1-14(15-11-22-23(4)12-15)24(5)19(25)17-10-21(17)13-20(2,3)26-18-9-7-6-8-16(18)21/h6-9,11-12,14,17H,10,13H2,1-5H3/t14-,17+,21-/m0/s1. The average molecular weight is 353 g/mol. The molecule has 5 heteroatoms. The predicted octanol–water partition coefficient (Wildman–Crippen LogP) is 3.46. The second-order valence-corrected chi connectivity index (χ2v) is 8.52. The minimum atomic E-state index is -0.253. The fourth-order valence-corrected chi connectivity index (χ4v) is 4.59. The van der Waals surface area contributed by atoms with Gasteiger partial charge in [0.05, 0.1) is 12.2 Å². The van der Waals surface area contributed by atoms with Gasteiger partial charge < -0.3 is 9.64 Å². The van der Waals surface area contributed by atoms with E-state index >= 15 is 0 Å². The van der Waals surface area contributed by atoms with Crippen LogP contribution in [-0.4, -0.2) is 33.2 Å². The molecule has 1 aliphatic carbocycles. The number of hydrogen-bond donors (Lipinski definition) is 0. The number of carbonyl (C=O) groups is 1. The highest BCUT2D eigenvalue weighted by molar-refractivity contribution is 5.85. The van der Waals surface area contributed by atoms with Crippen LogP contribution in [0.4, 0.5) is 0 Å². The Morgan fingerprint density at radius 1 is 1.38 bits per heavy atom. The molecule has 138 valence electrons. The molecular formula is C21H27N3O2. The van der Waals surface area contributed by atoms with Crippen molar-refractivity contribution in [3.8, 4) is 5.75 Å². The van der Waals surface area contributed by atoms with Crippen molar-refractivity contribution >= 4 is 5.91 Å². The molecule has 0 radical (unpaired) electrons. The molecule has 1 fully saturated rings. The van der Waals surface area contributed by atoms with Gasteiger partial charge in [0, 0.05) is 42.8 Å². The number of carbonyl (C=O) groups excluding carboxylic acids is 1. The van der Waals surface area contributed by atoms with Gasteiger partial charge in [-0.2, -0.15) is 5.10 Å². The number of amides is 1. The molecule has 1 spiro atoms. The highest BCUT2D eigenvalue weighted by atomic mass is 16.5. The zero-order valence-electron chi connectivity index (χ0n) is 16.2. The van der Waals surface area contributed by atoms with Crippen LogP contribution in [0.3, 0.4) is 0 Å². The third-order valence-electron chi connectivity index (χ3n) is 6.06. The largest absolute Gasteiger partial charge is 0.488 e. The molecule has 1 aliphatic heterocycles. The average Bonchev–Trinajstić information content (AvgIpc) is 3.11. The lowest BCUT2D eigenvalue weighted by atomic mass is 9.79. The zero-order valence-corrected chi connectivity index (χ0v) is 16.2. The summed E-state index contributed by atoms with van der Waals surface area (Å²) in [6, 6.07) is 8.22. The van der Waals surface area contributed by atoms with E-state index in [1.807, 2.05) is 49.6 Å². The molecule has 26 heavy (non-hydrogen) atoms. The van der Waals surface area contributed by atoms with Gasteiger partial charge in [-0.15, -0.1) is 0 Å². The number of aromatic nitrogens is 2. The first-order valence-corrected chi connectivity index (χ1v) is 9.27. The van der Waals surface area contributed by atoms with Gasteiger partial charge in [-0.25, -0.2) is 0 Å². The van der Waals surface area contributed by atoms with Gasteiger partial charge in [0.25, 0.3) is 0 Å². The quantitative estimate of drug-likeness (QED) is 0.849. The fraction of sp³-hybridized carbons (Fsp3) is 0.524. The first-order valence-electron chi connectivity index (χ1n) is 9.27. The molecule has 0 unspecified atom stereocenters. The SMILES string of the molecule is C[C@@H](c1cnn(C)c1)N(C)C(=O)[C@H]1C[C@@]12CC(C)(C)Oc1ccccc12. The molecule has 2 heterocycles. The summed E-state index contributed by atoms with van der Waals surface area (Å²) in [4.78, 5) is 15.2. The molecule has 0 saturated heterocycles. The molecule has 3 atom stereocenters. The van der Waals surface area contributed by atoms with Crippen molar-refractivity contribution in [1.29, 1.82) is 0 Å². The highest BCUT2D eigenvalue weighted by Crippen LogP contribution is 2.64. The Hall–Kier alpha value is -2.30. The lowest BCUT2D eigenvalue weighted by molar-refractivity contribution is -0.134. The number of rotatable bonds is 3. The van der Waals surface area contributed by atoms with Crippen molar-refractivity contribution in [3.63, 3.8) is 0 Å². The molecule has 1 aromatic heterocycles. The van der Waals surface area contributed by atoms with Gasteiger partial charge in [-0.1, -0.05) is 18.2 Å². The van der Waals surface area contributed by atoms with E-state index in [9.17, 15) is 4.79 Å². The molecule has 0 N–H and O–H groups in total. The monoisotopic (exact) mass is 353 g/mol. The van der Waals surface area contributed by atoms with Gasteiger partial charge >= 0.3 is 0 Å². The third kappa shape index (κ3) is 2.61. The summed E-state index contributed by atoms with van der Waals surface area (Å²) in [5.41, 5.74) is 1.92. The van der Waals surface area contributed by atoms with Gasteiger partial charge in [0.2, 0.25) is 5.91 Å². The summed E-state index contributed by atoms with van der Waals surface area (Å²) < 4.78 is 7.94. The lowest BCUT2D eigenvalue weighted by Crippen LogP contribution is -2.41. The number of ether oxygens (including phenoxy) is 1. The molecule has 5 nitrogen and oxygen atoms in total. The Morgan fingerprint density at radius 3 is 2.81 bits per heavy atom. The van der Waals surface area contributed by atoms with Crippen molar-refractivity contribution in [2.24, 2.45) is 13.0 Å². The molecule has 2 aromatic rings. The van der Waals surface area contributed by atoms with E-state index in [1.54, 1.807) is 4.68 Å². The van der Waals surface area contributed by atoms with E-state index in [0.717, 1.165) is 24.2 Å². The smallest absolute Gasteiger partial charge is 0.226 e. The molecule has 1 aromatic carbocycles. The van der Waals surface area contributed by atoms with Crippen LogP contribution in [0.5, 0.6) is 5.75 Å². The second kappa shape index (κ2) is 5.60. The summed E-state index contributed by atoms with van der Waals surface area (Å²) in [5, 5.41) is 4.23. The van der Waals surface area contributed by atoms with E-state index in [4.69, 9.17) is 4.74 Å². The lowest BCUT2D eigenvalue weighted by Gasteiger charge is -2.39. The van der Waals surface area contributed by atoms with Gasteiger partial charge in [-0.05, 0) is 39.7 Å². The van der Waals surface area contributed by atoms with E-state index in [-0.39, 0.29) is 28.9 Å². The third-order valence-corrected chi connectivity index (χ3v) is 6.06. The first-order chi connectivity index (χ1) is 12.2. The van der Waals surface area contributed by atoms with E-state index in [0.29, 0.717) is 0 Å². The Bertz CT molecular complexity index is 856. The Morgan fingerprint density at radius 2 is 2.12 bits per heavy atom. The summed E-state index contributed by atoms with van der Waals surface area (Å²) in [6.07, 6.45) is 5.59. The Kier molecular flexibility index (Phi) is 3.69. The Balaban J connectivity index is 1.60. The minimum Gasteiger partial charge on any atom is -0.488 e. The molecule has 1 amide bonds. The van der Waals surface area contributed by atoms with Crippen LogP contribution in [-0.2, 0) is 17.3 Å². The van der Waals surface area contributed by atoms with Gasteiger partial charge in [0.1, 0.15) is 11.4 Å². The van der Waals surface area contributed by atoms with E-state index < -0.39 is 0 Å². The van der Waals surface area contributed by atoms with Crippen LogP contribution >= 0.6 is 0 Å². The zero-order chi connectivity index (χ0) is 18.7. The fourth-order valence-electron chi connectivity index (χ4n) is 4.59. The predicted molar refractivity (Wildman–Crippen MR) is 99.9 cm³/mol. The number of benzene rings is 1. The van der Waals surface area contributed by atoms with Crippen molar-refractivity contribution < 1.29 is 9.53 Å². The maximum absolute atomic E-state index is 13.3. The summed E-state index contributed by atoms with van der Waals surface area (Å²) in [6.45, 7) is 6.30. The van der Waals surface area contributed by atoms with Crippen LogP contribution in [0, 0.1) is 5.92 Å². The topological polar surface area (TPSA) is 47.4 Å². The van der Waals surface area contributed by atoms with Crippen LogP contribution in [0.25, 0.3) is 0 Å². The number of fused-ring (bicyclic) bond motifs is 2. The van der Waals surface area contributed by atoms with Crippen LogP contribution in [0.1, 0.15) is 50.8 Å². The van der Waals surface area contributed by atoms with Gasteiger partial charge in [0.15, 0.2) is 0 Å². The molecule has 2 aliphatic rings. The number of hydrogen-bond acceptors (Lipinski definition) is 3.